The van der Waals surface area contributed by atoms with E-state index < -0.39 is 5.97 Å². The number of carbonyl (C=O) groups excluding carboxylic acids is 2. The summed E-state index contributed by atoms with van der Waals surface area (Å²) >= 11 is 0. The summed E-state index contributed by atoms with van der Waals surface area (Å²) in [5, 5.41) is 0. The molecular weight excluding hydrogens is 412 g/mol. The SMILES string of the molecule is CCOC(=O)/C=C/c1cc(OC)c(OCc2ccccc2)cc1COCCC(=O)OCC. The molecule has 0 fully saturated rings. The minimum absolute atomic E-state index is 0.162. The van der Waals surface area contributed by atoms with Crippen molar-refractivity contribution in [3.05, 3.63) is 65.2 Å². The summed E-state index contributed by atoms with van der Waals surface area (Å²) in [7, 11) is 1.55. The van der Waals surface area contributed by atoms with Crippen LogP contribution in [0.25, 0.3) is 6.08 Å². The van der Waals surface area contributed by atoms with E-state index >= 15 is 0 Å². The third-order valence-electron chi connectivity index (χ3n) is 4.36. The Balaban J connectivity index is 2.19. The molecule has 7 heteroatoms. The molecule has 2 rings (SSSR count). The largest absolute Gasteiger partial charge is 0.493 e. The van der Waals surface area contributed by atoms with Crippen molar-refractivity contribution in [2.24, 2.45) is 0 Å². The fraction of sp³-hybridized carbons (Fsp3) is 0.360. The number of benzene rings is 2. The monoisotopic (exact) mass is 442 g/mol. The Morgan fingerprint density at radius 1 is 0.938 bits per heavy atom. The van der Waals surface area contributed by atoms with Gasteiger partial charge in [-0.05, 0) is 48.7 Å². The van der Waals surface area contributed by atoms with Gasteiger partial charge in [0, 0.05) is 6.08 Å². The van der Waals surface area contributed by atoms with Crippen molar-refractivity contribution in [2.75, 3.05) is 26.9 Å². The first kappa shape index (κ1) is 24.9. The summed E-state index contributed by atoms with van der Waals surface area (Å²) in [6.07, 6.45) is 3.16. The smallest absolute Gasteiger partial charge is 0.330 e. The van der Waals surface area contributed by atoms with Crippen LogP contribution in [0, 0.1) is 0 Å². The molecule has 7 nitrogen and oxygen atoms in total. The zero-order chi connectivity index (χ0) is 23.2. The van der Waals surface area contributed by atoms with E-state index in [2.05, 4.69) is 0 Å². The topological polar surface area (TPSA) is 80.3 Å². The Labute approximate surface area is 188 Å². The Morgan fingerprint density at radius 3 is 2.38 bits per heavy atom. The molecule has 0 spiro atoms. The first-order valence-electron chi connectivity index (χ1n) is 10.5. The summed E-state index contributed by atoms with van der Waals surface area (Å²) in [6.45, 7) is 4.94. The highest BCUT2D eigenvalue weighted by molar-refractivity contribution is 5.87. The van der Waals surface area contributed by atoms with Gasteiger partial charge in [0.1, 0.15) is 6.61 Å². The Bertz CT molecular complexity index is 891. The second kappa shape index (κ2) is 13.9. The maximum Gasteiger partial charge on any atom is 0.330 e. The summed E-state index contributed by atoms with van der Waals surface area (Å²) in [5.41, 5.74) is 2.52. The zero-order valence-electron chi connectivity index (χ0n) is 18.8. The van der Waals surface area contributed by atoms with Gasteiger partial charge in [0.2, 0.25) is 0 Å². The Hall–Kier alpha value is -3.32. The van der Waals surface area contributed by atoms with Gasteiger partial charge >= 0.3 is 11.9 Å². The average molecular weight is 443 g/mol. The Morgan fingerprint density at radius 2 is 1.69 bits per heavy atom. The van der Waals surface area contributed by atoms with Gasteiger partial charge in [-0.25, -0.2) is 4.79 Å². The van der Waals surface area contributed by atoms with Gasteiger partial charge in [0.15, 0.2) is 11.5 Å². The molecule has 0 bridgehead atoms. The van der Waals surface area contributed by atoms with Crippen molar-refractivity contribution in [3.8, 4) is 11.5 Å². The molecule has 0 unspecified atom stereocenters. The quantitative estimate of drug-likeness (QED) is 0.260. The van der Waals surface area contributed by atoms with Crippen molar-refractivity contribution >= 4 is 18.0 Å². The van der Waals surface area contributed by atoms with E-state index in [-0.39, 0.29) is 25.6 Å². The molecule has 0 aliphatic carbocycles. The van der Waals surface area contributed by atoms with Gasteiger partial charge < -0.3 is 23.7 Å². The summed E-state index contributed by atoms with van der Waals surface area (Å²) < 4.78 is 27.0. The van der Waals surface area contributed by atoms with Crippen LogP contribution in [0.3, 0.4) is 0 Å². The fourth-order valence-corrected chi connectivity index (χ4v) is 2.82. The molecule has 0 atom stereocenters. The molecule has 0 aliphatic rings. The highest BCUT2D eigenvalue weighted by Crippen LogP contribution is 2.32. The van der Waals surface area contributed by atoms with Crippen LogP contribution < -0.4 is 9.47 Å². The zero-order valence-corrected chi connectivity index (χ0v) is 18.8. The predicted octanol–water partition coefficient (Wildman–Crippen LogP) is 4.32. The molecule has 2 aromatic rings. The lowest BCUT2D eigenvalue weighted by Gasteiger charge is -2.15. The third kappa shape index (κ3) is 8.43. The van der Waals surface area contributed by atoms with Gasteiger partial charge in [0.05, 0.1) is 40.0 Å². The Kier molecular flexibility index (Phi) is 10.8. The molecule has 172 valence electrons. The van der Waals surface area contributed by atoms with Gasteiger partial charge in [-0.2, -0.15) is 0 Å². The minimum Gasteiger partial charge on any atom is -0.493 e. The van der Waals surface area contributed by atoms with Crippen LogP contribution in [0.15, 0.2) is 48.5 Å². The second-order valence-electron chi connectivity index (χ2n) is 6.67. The predicted molar refractivity (Wildman–Crippen MR) is 120 cm³/mol. The normalized spacial score (nSPS) is 10.7. The van der Waals surface area contributed by atoms with E-state index in [4.69, 9.17) is 23.7 Å². The van der Waals surface area contributed by atoms with Gasteiger partial charge in [0.25, 0.3) is 0 Å². The number of methoxy groups -OCH3 is 1. The molecule has 0 N–H and O–H groups in total. The number of carbonyl (C=O) groups is 2. The lowest BCUT2D eigenvalue weighted by molar-refractivity contribution is -0.144. The molecule has 0 aliphatic heterocycles. The van der Waals surface area contributed by atoms with Crippen LogP contribution in [0.4, 0.5) is 0 Å². The van der Waals surface area contributed by atoms with Crippen molar-refractivity contribution < 1.29 is 33.3 Å². The maximum atomic E-state index is 11.8. The molecule has 0 saturated heterocycles. The van der Waals surface area contributed by atoms with Crippen LogP contribution in [-0.2, 0) is 37.0 Å². The van der Waals surface area contributed by atoms with Crippen LogP contribution in [-0.4, -0.2) is 38.9 Å². The molecular formula is C25H30O7. The highest BCUT2D eigenvalue weighted by Gasteiger charge is 2.12. The fourth-order valence-electron chi connectivity index (χ4n) is 2.82. The molecule has 32 heavy (non-hydrogen) atoms. The first-order chi connectivity index (χ1) is 15.6. The second-order valence-corrected chi connectivity index (χ2v) is 6.67. The van der Waals surface area contributed by atoms with Crippen LogP contribution in [0.1, 0.15) is 37.0 Å². The van der Waals surface area contributed by atoms with Crippen molar-refractivity contribution in [2.45, 2.75) is 33.5 Å². The van der Waals surface area contributed by atoms with Crippen LogP contribution >= 0.6 is 0 Å². The molecule has 0 aromatic heterocycles. The van der Waals surface area contributed by atoms with Gasteiger partial charge in [-0.3, -0.25) is 4.79 Å². The van der Waals surface area contributed by atoms with Crippen molar-refractivity contribution in [3.63, 3.8) is 0 Å². The summed E-state index contributed by atoms with van der Waals surface area (Å²) in [6, 6.07) is 13.4. The van der Waals surface area contributed by atoms with Crippen molar-refractivity contribution in [1.29, 1.82) is 0 Å². The third-order valence-corrected chi connectivity index (χ3v) is 4.36. The molecule has 0 saturated carbocycles. The summed E-state index contributed by atoms with van der Waals surface area (Å²) in [4.78, 5) is 23.3. The van der Waals surface area contributed by atoms with E-state index in [9.17, 15) is 9.59 Å². The van der Waals surface area contributed by atoms with Gasteiger partial charge in [-0.1, -0.05) is 30.3 Å². The lowest BCUT2D eigenvalue weighted by atomic mass is 10.1. The van der Waals surface area contributed by atoms with E-state index in [1.807, 2.05) is 36.4 Å². The number of ether oxygens (including phenoxy) is 5. The number of hydrogen-bond donors (Lipinski definition) is 0. The van der Waals surface area contributed by atoms with E-state index in [0.29, 0.717) is 31.3 Å². The first-order valence-corrected chi connectivity index (χ1v) is 10.5. The molecule has 2 aromatic carbocycles. The summed E-state index contributed by atoms with van der Waals surface area (Å²) in [5.74, 6) is 0.329. The van der Waals surface area contributed by atoms with Crippen LogP contribution in [0.2, 0.25) is 0 Å². The van der Waals surface area contributed by atoms with E-state index in [1.54, 1.807) is 33.1 Å². The van der Waals surface area contributed by atoms with E-state index in [1.165, 1.54) is 6.08 Å². The minimum atomic E-state index is -0.440. The molecule has 0 amide bonds. The molecule has 0 radical (unpaired) electrons. The number of rotatable bonds is 13. The van der Waals surface area contributed by atoms with Crippen LogP contribution in [0.5, 0.6) is 11.5 Å². The highest BCUT2D eigenvalue weighted by atomic mass is 16.5. The van der Waals surface area contributed by atoms with Gasteiger partial charge in [-0.15, -0.1) is 0 Å². The van der Waals surface area contributed by atoms with E-state index in [0.717, 1.165) is 16.7 Å². The molecule has 0 heterocycles. The average Bonchev–Trinajstić information content (AvgIpc) is 2.80. The maximum absolute atomic E-state index is 11.8. The standard InChI is InChI=1S/C25H30O7/c1-4-30-24(26)12-11-20-15-22(28-3)23(32-17-19-9-7-6-8-10-19)16-21(20)18-29-14-13-25(27)31-5-2/h6-12,15-16H,4-5,13-14,17-18H2,1-3H3/b12-11+. The number of hydrogen-bond acceptors (Lipinski definition) is 7. The number of esters is 2. The van der Waals surface area contributed by atoms with Crippen molar-refractivity contribution in [1.82, 2.24) is 0 Å². The lowest BCUT2D eigenvalue weighted by Crippen LogP contribution is -2.08.